The van der Waals surface area contributed by atoms with Crippen LogP contribution in [0.3, 0.4) is 0 Å². The zero-order valence-corrected chi connectivity index (χ0v) is 16.8. The predicted octanol–water partition coefficient (Wildman–Crippen LogP) is 1.37. The highest BCUT2D eigenvalue weighted by molar-refractivity contribution is 7.05. The minimum Gasteiger partial charge on any atom is -0.388 e. The molecular formula is C18H25N7O2S. The standard InChI is InChI=1S/C18H25N7O2S/c1-18(2,27)17-22-15(23-28-17)12-6-5-9-24(10-12)16(26)13-7-3-4-8-14(13)25(20)21-11-19/h3-4,7-8,11-12,27H,5-6,9-10,20H2,1-2H3,(H2,19,21). The van der Waals surface area contributed by atoms with Crippen LogP contribution in [0.4, 0.5) is 5.69 Å². The second-order valence-corrected chi connectivity index (χ2v) is 7.99. The summed E-state index contributed by atoms with van der Waals surface area (Å²) in [5.41, 5.74) is 5.23. The molecule has 28 heavy (non-hydrogen) atoms. The molecule has 1 saturated heterocycles. The topological polar surface area (TPSA) is 134 Å². The molecule has 5 N–H and O–H groups in total. The summed E-state index contributed by atoms with van der Waals surface area (Å²) in [6.07, 6.45) is 2.82. The molecule has 1 amide bonds. The van der Waals surface area contributed by atoms with E-state index in [0.29, 0.717) is 35.2 Å². The Morgan fingerprint density at radius 2 is 2.21 bits per heavy atom. The summed E-state index contributed by atoms with van der Waals surface area (Å²) >= 11 is 1.20. The molecule has 1 fully saturated rings. The van der Waals surface area contributed by atoms with E-state index in [-0.39, 0.29) is 11.8 Å². The van der Waals surface area contributed by atoms with Crippen molar-refractivity contribution in [1.29, 1.82) is 0 Å². The Hall–Kier alpha value is -2.56. The van der Waals surface area contributed by atoms with Gasteiger partial charge in [0.1, 0.15) is 22.8 Å². The zero-order valence-electron chi connectivity index (χ0n) is 15.9. The zero-order chi connectivity index (χ0) is 20.3. The van der Waals surface area contributed by atoms with Gasteiger partial charge in [-0.25, -0.2) is 10.8 Å². The van der Waals surface area contributed by atoms with Gasteiger partial charge in [0, 0.05) is 19.0 Å². The smallest absolute Gasteiger partial charge is 0.256 e. The number of nitrogens with zero attached hydrogens (tertiary/aromatic N) is 5. The fourth-order valence-corrected chi connectivity index (χ4v) is 3.91. The van der Waals surface area contributed by atoms with Crippen LogP contribution < -0.4 is 16.7 Å². The summed E-state index contributed by atoms with van der Waals surface area (Å²) in [7, 11) is 0. The Kier molecular flexibility index (Phi) is 5.92. The first kappa shape index (κ1) is 20.2. The highest BCUT2D eigenvalue weighted by Crippen LogP contribution is 2.30. The second kappa shape index (κ2) is 8.21. The lowest BCUT2D eigenvalue weighted by Gasteiger charge is -2.32. The second-order valence-electron chi connectivity index (χ2n) is 7.23. The van der Waals surface area contributed by atoms with Crippen LogP contribution in [0.1, 0.15) is 53.8 Å². The van der Waals surface area contributed by atoms with Crippen LogP contribution in [0, 0.1) is 0 Å². The number of nitrogens with two attached hydrogens (primary N) is 2. The van der Waals surface area contributed by atoms with Gasteiger partial charge in [-0.3, -0.25) is 4.79 Å². The van der Waals surface area contributed by atoms with Crippen LogP contribution >= 0.6 is 11.5 Å². The largest absolute Gasteiger partial charge is 0.388 e. The van der Waals surface area contributed by atoms with Crippen LogP contribution in [0.25, 0.3) is 0 Å². The van der Waals surface area contributed by atoms with Crippen LogP contribution in [-0.4, -0.2) is 44.7 Å². The lowest BCUT2D eigenvalue weighted by Crippen LogP contribution is -2.40. The van der Waals surface area contributed by atoms with Crippen molar-refractivity contribution in [2.24, 2.45) is 16.7 Å². The summed E-state index contributed by atoms with van der Waals surface area (Å²) in [6.45, 7) is 4.54. The molecule has 150 valence electrons. The quantitative estimate of drug-likeness (QED) is 0.297. The molecule has 1 aromatic heterocycles. The molecule has 2 aromatic rings. The van der Waals surface area contributed by atoms with Crippen LogP contribution in [-0.2, 0) is 5.60 Å². The normalized spacial score (nSPS) is 17.9. The Labute approximate surface area is 167 Å². The minimum atomic E-state index is -1.02. The van der Waals surface area contributed by atoms with E-state index >= 15 is 0 Å². The Morgan fingerprint density at radius 3 is 2.89 bits per heavy atom. The number of hydrogen-bond donors (Lipinski definition) is 3. The van der Waals surface area contributed by atoms with Gasteiger partial charge in [0.25, 0.3) is 5.91 Å². The Bertz CT molecular complexity index is 862. The third-order valence-corrected chi connectivity index (χ3v) is 5.65. The first-order chi connectivity index (χ1) is 13.3. The maximum Gasteiger partial charge on any atom is 0.256 e. The first-order valence-electron chi connectivity index (χ1n) is 9.05. The summed E-state index contributed by atoms with van der Waals surface area (Å²) in [5, 5.41) is 15.6. The van der Waals surface area contributed by atoms with Crippen LogP contribution in [0.2, 0.25) is 0 Å². The van der Waals surface area contributed by atoms with Crippen molar-refractivity contribution in [2.75, 3.05) is 18.2 Å². The first-order valence-corrected chi connectivity index (χ1v) is 9.82. The summed E-state index contributed by atoms with van der Waals surface area (Å²) in [6, 6.07) is 7.02. The predicted molar refractivity (Wildman–Crippen MR) is 109 cm³/mol. The van der Waals surface area contributed by atoms with Gasteiger partial charge in [-0.05, 0) is 50.4 Å². The van der Waals surface area contributed by atoms with Crippen molar-refractivity contribution in [3.63, 3.8) is 0 Å². The van der Waals surface area contributed by atoms with E-state index in [9.17, 15) is 9.90 Å². The van der Waals surface area contributed by atoms with Crippen molar-refractivity contribution in [3.05, 3.63) is 40.7 Å². The fourth-order valence-electron chi connectivity index (χ4n) is 3.18. The average molecular weight is 404 g/mol. The number of carbonyl (C=O) groups excluding carboxylic acids is 1. The number of piperidine rings is 1. The molecule has 1 aliphatic rings. The van der Waals surface area contributed by atoms with Crippen molar-refractivity contribution in [1.82, 2.24) is 14.3 Å². The van der Waals surface area contributed by atoms with Crippen molar-refractivity contribution in [3.8, 4) is 0 Å². The summed E-state index contributed by atoms with van der Waals surface area (Å²) in [5.74, 6) is 6.47. The number of aliphatic hydroxyl groups is 1. The van der Waals surface area contributed by atoms with Gasteiger partial charge in [-0.1, -0.05) is 12.1 Å². The number of anilines is 1. The van der Waals surface area contributed by atoms with E-state index < -0.39 is 5.60 Å². The molecule has 1 aromatic carbocycles. The van der Waals surface area contributed by atoms with Crippen molar-refractivity contribution >= 4 is 29.5 Å². The lowest BCUT2D eigenvalue weighted by molar-refractivity contribution is 0.0699. The number of hydrazine groups is 1. The molecule has 1 atom stereocenters. The average Bonchev–Trinajstić information content (AvgIpc) is 3.18. The number of likely N-dealkylation sites (tertiary alicyclic amines) is 1. The number of hydrazone groups is 1. The molecule has 2 heterocycles. The summed E-state index contributed by atoms with van der Waals surface area (Å²) in [4.78, 5) is 19.4. The highest BCUT2D eigenvalue weighted by atomic mass is 32.1. The monoisotopic (exact) mass is 403 g/mol. The number of amides is 1. The maximum absolute atomic E-state index is 13.2. The molecule has 10 heteroatoms. The molecule has 0 bridgehead atoms. The molecule has 0 saturated carbocycles. The molecule has 1 unspecified atom stereocenters. The van der Waals surface area contributed by atoms with Gasteiger partial charge in [0.05, 0.1) is 11.3 Å². The van der Waals surface area contributed by atoms with E-state index in [2.05, 4.69) is 14.5 Å². The lowest BCUT2D eigenvalue weighted by atomic mass is 9.96. The highest BCUT2D eigenvalue weighted by Gasteiger charge is 2.31. The van der Waals surface area contributed by atoms with E-state index in [1.165, 1.54) is 11.5 Å². The molecule has 9 nitrogen and oxygen atoms in total. The van der Waals surface area contributed by atoms with Gasteiger partial charge in [0.15, 0.2) is 0 Å². The van der Waals surface area contributed by atoms with Gasteiger partial charge in [0.2, 0.25) is 0 Å². The van der Waals surface area contributed by atoms with Gasteiger partial charge in [-0.15, -0.1) is 5.10 Å². The molecule has 1 aliphatic heterocycles. The third-order valence-electron chi connectivity index (χ3n) is 4.61. The number of aromatic nitrogens is 2. The Balaban J connectivity index is 1.80. The number of rotatable bonds is 5. The van der Waals surface area contributed by atoms with E-state index in [0.717, 1.165) is 24.3 Å². The van der Waals surface area contributed by atoms with E-state index in [4.69, 9.17) is 11.6 Å². The van der Waals surface area contributed by atoms with E-state index in [1.54, 1.807) is 43.0 Å². The molecule has 3 rings (SSSR count). The fraction of sp³-hybridized carbons (Fsp3) is 0.444. The molecule has 0 radical (unpaired) electrons. The molecular weight excluding hydrogens is 378 g/mol. The third kappa shape index (κ3) is 4.29. The van der Waals surface area contributed by atoms with Crippen molar-refractivity contribution < 1.29 is 9.90 Å². The molecule has 0 spiro atoms. The number of hydrogen-bond acceptors (Lipinski definition) is 8. The van der Waals surface area contributed by atoms with Crippen LogP contribution in [0.5, 0.6) is 0 Å². The summed E-state index contributed by atoms with van der Waals surface area (Å²) < 4.78 is 4.41. The van der Waals surface area contributed by atoms with Crippen molar-refractivity contribution in [2.45, 2.75) is 38.2 Å². The van der Waals surface area contributed by atoms with E-state index in [1.807, 2.05) is 0 Å². The van der Waals surface area contributed by atoms with Crippen LogP contribution in [0.15, 0.2) is 29.4 Å². The number of benzene rings is 1. The number of para-hydroxylation sites is 1. The van der Waals surface area contributed by atoms with Gasteiger partial charge >= 0.3 is 0 Å². The van der Waals surface area contributed by atoms with Gasteiger partial charge < -0.3 is 15.7 Å². The Morgan fingerprint density at radius 1 is 1.46 bits per heavy atom. The SMILES string of the molecule is CC(C)(O)c1nc(C2CCCN(C(=O)c3ccccc3N(N)/N=C\N)C2)ns1. The van der Waals surface area contributed by atoms with Gasteiger partial charge in [-0.2, -0.15) is 9.49 Å². The maximum atomic E-state index is 13.2. The number of carbonyl (C=O) groups is 1. The minimum absolute atomic E-state index is 0.0354. The molecule has 0 aliphatic carbocycles.